The molecule has 0 atom stereocenters. The number of anilines is 1. The van der Waals surface area contributed by atoms with Crippen molar-refractivity contribution in [3.05, 3.63) is 62.9 Å². The summed E-state index contributed by atoms with van der Waals surface area (Å²) in [6.07, 6.45) is 3.52. The van der Waals surface area contributed by atoms with Gasteiger partial charge in [-0.25, -0.2) is 0 Å². The molecule has 2 rings (SSSR count). The minimum absolute atomic E-state index is 0.0928. The molecule has 0 aliphatic rings. The second-order valence-electron chi connectivity index (χ2n) is 4.08. The minimum atomic E-state index is -0.503. The third-order valence-corrected chi connectivity index (χ3v) is 3.08. The standard InChI is InChI=1S/C13H12ClN3O2/c1-9-4-5-15-7-10(9)8-16-11-2-3-13(17(18)19)12(14)6-11/h2-7,16H,8H2,1H3. The number of nitrogens with one attached hydrogen (secondary N) is 1. The Morgan fingerprint density at radius 2 is 2.21 bits per heavy atom. The molecule has 0 amide bonds. The number of nitrogens with zero attached hydrogens (tertiary/aromatic N) is 2. The van der Waals surface area contributed by atoms with Crippen molar-refractivity contribution in [3.63, 3.8) is 0 Å². The van der Waals surface area contributed by atoms with E-state index >= 15 is 0 Å². The lowest BCUT2D eigenvalue weighted by Gasteiger charge is -2.08. The number of nitro benzene ring substituents is 1. The second-order valence-corrected chi connectivity index (χ2v) is 4.49. The Balaban J connectivity index is 2.11. The van der Waals surface area contributed by atoms with Crippen LogP contribution in [0.15, 0.2) is 36.7 Å². The fraction of sp³-hybridized carbons (Fsp3) is 0.154. The molecule has 0 saturated heterocycles. The maximum atomic E-state index is 10.6. The average Bonchev–Trinajstić information content (AvgIpc) is 2.37. The van der Waals surface area contributed by atoms with Gasteiger partial charge in [-0.1, -0.05) is 11.6 Å². The van der Waals surface area contributed by atoms with Crippen LogP contribution in [0.2, 0.25) is 5.02 Å². The summed E-state index contributed by atoms with van der Waals surface area (Å²) in [4.78, 5) is 14.2. The third kappa shape index (κ3) is 3.20. The van der Waals surface area contributed by atoms with Crippen LogP contribution in [0.25, 0.3) is 0 Å². The van der Waals surface area contributed by atoms with Crippen molar-refractivity contribution in [1.82, 2.24) is 4.98 Å². The third-order valence-electron chi connectivity index (χ3n) is 2.77. The summed E-state index contributed by atoms with van der Waals surface area (Å²) in [5.41, 5.74) is 2.84. The van der Waals surface area contributed by atoms with E-state index in [1.165, 1.54) is 6.07 Å². The normalized spacial score (nSPS) is 10.2. The summed E-state index contributed by atoms with van der Waals surface area (Å²) in [6, 6.07) is 6.50. The zero-order valence-corrected chi connectivity index (χ0v) is 11.0. The molecule has 0 saturated carbocycles. The largest absolute Gasteiger partial charge is 0.381 e. The van der Waals surface area contributed by atoms with E-state index < -0.39 is 4.92 Å². The topological polar surface area (TPSA) is 68.1 Å². The quantitative estimate of drug-likeness (QED) is 0.685. The molecular formula is C13H12ClN3O2. The summed E-state index contributed by atoms with van der Waals surface area (Å²) >= 11 is 5.84. The first-order valence-electron chi connectivity index (χ1n) is 5.65. The lowest BCUT2D eigenvalue weighted by atomic mass is 10.1. The molecule has 6 heteroatoms. The Morgan fingerprint density at radius 1 is 1.42 bits per heavy atom. The van der Waals surface area contributed by atoms with Crippen molar-refractivity contribution < 1.29 is 4.92 Å². The first kappa shape index (κ1) is 13.3. The zero-order valence-electron chi connectivity index (χ0n) is 10.3. The highest BCUT2D eigenvalue weighted by Crippen LogP contribution is 2.27. The smallest absolute Gasteiger partial charge is 0.288 e. The molecule has 0 aliphatic carbocycles. The second kappa shape index (κ2) is 5.67. The van der Waals surface area contributed by atoms with Crippen LogP contribution in [0.4, 0.5) is 11.4 Å². The lowest BCUT2D eigenvalue weighted by Crippen LogP contribution is -2.02. The monoisotopic (exact) mass is 277 g/mol. The van der Waals surface area contributed by atoms with Crippen molar-refractivity contribution in [1.29, 1.82) is 0 Å². The minimum Gasteiger partial charge on any atom is -0.381 e. The van der Waals surface area contributed by atoms with Crippen molar-refractivity contribution in [3.8, 4) is 0 Å². The van der Waals surface area contributed by atoms with E-state index in [4.69, 9.17) is 11.6 Å². The van der Waals surface area contributed by atoms with Gasteiger partial charge >= 0.3 is 0 Å². The maximum absolute atomic E-state index is 10.6. The fourth-order valence-corrected chi connectivity index (χ4v) is 1.89. The van der Waals surface area contributed by atoms with Crippen LogP contribution in [0.5, 0.6) is 0 Å². The van der Waals surface area contributed by atoms with Gasteiger partial charge in [-0.15, -0.1) is 0 Å². The first-order chi connectivity index (χ1) is 9.08. The predicted octanol–water partition coefficient (Wildman–Crippen LogP) is 3.56. The van der Waals surface area contributed by atoms with Gasteiger partial charge in [0.2, 0.25) is 0 Å². The zero-order chi connectivity index (χ0) is 13.8. The van der Waals surface area contributed by atoms with Crippen LogP contribution in [0, 0.1) is 17.0 Å². The number of hydrogen-bond acceptors (Lipinski definition) is 4. The van der Waals surface area contributed by atoms with Crippen molar-refractivity contribution in [2.45, 2.75) is 13.5 Å². The molecule has 1 aromatic carbocycles. The molecule has 5 nitrogen and oxygen atoms in total. The highest BCUT2D eigenvalue weighted by atomic mass is 35.5. The summed E-state index contributed by atoms with van der Waals surface area (Å²) in [5.74, 6) is 0. The van der Waals surface area contributed by atoms with Gasteiger partial charge in [-0.05, 0) is 36.2 Å². The number of nitro groups is 1. The maximum Gasteiger partial charge on any atom is 0.288 e. The molecular weight excluding hydrogens is 266 g/mol. The molecule has 1 aromatic heterocycles. The summed E-state index contributed by atoms with van der Waals surface area (Å²) in [6.45, 7) is 2.59. The summed E-state index contributed by atoms with van der Waals surface area (Å²) < 4.78 is 0. The van der Waals surface area contributed by atoms with Gasteiger partial charge in [0.25, 0.3) is 5.69 Å². The SMILES string of the molecule is Cc1ccncc1CNc1ccc([N+](=O)[O-])c(Cl)c1. The number of rotatable bonds is 4. The molecule has 0 radical (unpaired) electrons. The van der Waals surface area contributed by atoms with Crippen molar-refractivity contribution in [2.24, 2.45) is 0 Å². The van der Waals surface area contributed by atoms with Crippen LogP contribution < -0.4 is 5.32 Å². The van der Waals surface area contributed by atoms with Gasteiger partial charge in [0.05, 0.1) is 4.92 Å². The first-order valence-corrected chi connectivity index (χ1v) is 6.03. The Bertz CT molecular complexity index is 617. The number of halogens is 1. The molecule has 1 N–H and O–H groups in total. The summed E-state index contributed by atoms with van der Waals surface area (Å²) in [5, 5.41) is 13.9. The Labute approximate surface area is 115 Å². The number of hydrogen-bond donors (Lipinski definition) is 1. The fourth-order valence-electron chi connectivity index (χ4n) is 1.64. The molecule has 0 spiro atoms. The molecule has 0 unspecified atom stereocenters. The van der Waals surface area contributed by atoms with Gasteiger partial charge in [0.15, 0.2) is 0 Å². The molecule has 2 aromatic rings. The molecule has 1 heterocycles. The molecule has 0 fully saturated rings. The van der Waals surface area contributed by atoms with E-state index in [0.29, 0.717) is 6.54 Å². The lowest BCUT2D eigenvalue weighted by molar-refractivity contribution is -0.384. The van der Waals surface area contributed by atoms with Crippen LogP contribution in [0.3, 0.4) is 0 Å². The predicted molar refractivity (Wildman–Crippen MR) is 74.4 cm³/mol. The van der Waals surface area contributed by atoms with E-state index in [2.05, 4.69) is 10.3 Å². The van der Waals surface area contributed by atoms with Gasteiger partial charge in [0, 0.05) is 30.7 Å². The Morgan fingerprint density at radius 3 is 2.84 bits per heavy atom. The van der Waals surface area contributed by atoms with Gasteiger partial charge in [0.1, 0.15) is 5.02 Å². The number of benzene rings is 1. The van der Waals surface area contributed by atoms with Crippen LogP contribution >= 0.6 is 11.6 Å². The van der Waals surface area contributed by atoms with Crippen LogP contribution in [-0.4, -0.2) is 9.91 Å². The van der Waals surface area contributed by atoms with Crippen molar-refractivity contribution in [2.75, 3.05) is 5.32 Å². The molecule has 19 heavy (non-hydrogen) atoms. The number of pyridine rings is 1. The highest BCUT2D eigenvalue weighted by Gasteiger charge is 2.11. The van der Waals surface area contributed by atoms with E-state index in [9.17, 15) is 10.1 Å². The molecule has 0 bridgehead atoms. The molecule has 0 aliphatic heterocycles. The Kier molecular flexibility index (Phi) is 3.97. The van der Waals surface area contributed by atoms with Crippen LogP contribution in [0.1, 0.15) is 11.1 Å². The molecule has 98 valence electrons. The van der Waals surface area contributed by atoms with E-state index in [0.717, 1.165) is 16.8 Å². The highest BCUT2D eigenvalue weighted by molar-refractivity contribution is 6.32. The van der Waals surface area contributed by atoms with E-state index in [1.54, 1.807) is 24.5 Å². The number of aromatic nitrogens is 1. The van der Waals surface area contributed by atoms with Gasteiger partial charge in [-0.3, -0.25) is 15.1 Å². The van der Waals surface area contributed by atoms with E-state index in [1.807, 2.05) is 13.0 Å². The van der Waals surface area contributed by atoms with Gasteiger partial charge < -0.3 is 5.32 Å². The van der Waals surface area contributed by atoms with E-state index in [-0.39, 0.29) is 10.7 Å². The average molecular weight is 278 g/mol. The number of aryl methyl sites for hydroxylation is 1. The van der Waals surface area contributed by atoms with Gasteiger partial charge in [-0.2, -0.15) is 0 Å². The van der Waals surface area contributed by atoms with Crippen molar-refractivity contribution >= 4 is 23.0 Å². The Hall–Kier alpha value is -2.14. The summed E-state index contributed by atoms with van der Waals surface area (Å²) in [7, 11) is 0. The van der Waals surface area contributed by atoms with Crippen LogP contribution in [-0.2, 0) is 6.54 Å².